The molecule has 7 heteroatoms. The van der Waals surface area contributed by atoms with Crippen LogP contribution in [0, 0.1) is 12.8 Å². The molecule has 29 heavy (non-hydrogen) atoms. The third-order valence-corrected chi connectivity index (χ3v) is 6.27. The highest BCUT2D eigenvalue weighted by Gasteiger charge is 2.28. The molecule has 3 aromatic rings. The smallest absolute Gasteiger partial charge is 0.270 e. The molecule has 6 nitrogen and oxygen atoms in total. The van der Waals surface area contributed by atoms with Gasteiger partial charge in [0, 0.05) is 30.1 Å². The summed E-state index contributed by atoms with van der Waals surface area (Å²) in [5, 5.41) is 5.00. The second-order valence-corrected chi connectivity index (χ2v) is 8.91. The van der Waals surface area contributed by atoms with Gasteiger partial charge in [0.1, 0.15) is 4.70 Å². The molecule has 0 spiro atoms. The Labute approximate surface area is 174 Å². The Morgan fingerprint density at radius 2 is 2.07 bits per heavy atom. The van der Waals surface area contributed by atoms with Gasteiger partial charge in [-0.25, -0.2) is 4.98 Å². The molecule has 2 N–H and O–H groups in total. The van der Waals surface area contributed by atoms with E-state index in [1.165, 1.54) is 16.9 Å². The number of rotatable bonds is 4. The van der Waals surface area contributed by atoms with Crippen molar-refractivity contribution >= 4 is 33.4 Å². The fourth-order valence-corrected chi connectivity index (χ4v) is 4.70. The number of aromatic nitrogens is 2. The lowest BCUT2D eigenvalue weighted by Gasteiger charge is -2.32. The second-order valence-electron chi connectivity index (χ2n) is 8.03. The summed E-state index contributed by atoms with van der Waals surface area (Å²) in [7, 11) is 0. The van der Waals surface area contributed by atoms with E-state index in [1.807, 2.05) is 24.1 Å². The maximum absolute atomic E-state index is 12.7. The van der Waals surface area contributed by atoms with Gasteiger partial charge >= 0.3 is 0 Å². The Morgan fingerprint density at radius 1 is 1.31 bits per heavy atom. The number of thiophene rings is 1. The number of anilines is 1. The lowest BCUT2D eigenvalue weighted by Crippen LogP contribution is -2.45. The standard InChI is InChI=1S/C22H26N4O2S/c1-13(2)23-20(27)16-5-4-10-26(11-16)22-24-18-17(12-29-19(18)21(28)25-22)15-8-6-14(3)7-9-15/h6-9,12-13,16H,4-5,10-11H2,1-3H3,(H,23,27)(H,24,25,28)/t16-/m0/s1. The zero-order chi connectivity index (χ0) is 20.5. The van der Waals surface area contributed by atoms with E-state index in [4.69, 9.17) is 4.98 Å². The van der Waals surface area contributed by atoms with Gasteiger partial charge in [0.2, 0.25) is 11.9 Å². The molecule has 3 heterocycles. The predicted octanol–water partition coefficient (Wildman–Crippen LogP) is 3.70. The van der Waals surface area contributed by atoms with E-state index < -0.39 is 0 Å². The highest BCUT2D eigenvalue weighted by atomic mass is 32.1. The zero-order valence-corrected chi connectivity index (χ0v) is 17.8. The molecule has 1 aliphatic rings. The summed E-state index contributed by atoms with van der Waals surface area (Å²) in [6, 6.07) is 8.37. The Bertz CT molecular complexity index is 1080. The van der Waals surface area contributed by atoms with Crippen LogP contribution in [0.5, 0.6) is 0 Å². The summed E-state index contributed by atoms with van der Waals surface area (Å²) in [6.45, 7) is 7.34. The van der Waals surface area contributed by atoms with Crippen molar-refractivity contribution in [3.05, 3.63) is 45.6 Å². The van der Waals surface area contributed by atoms with Crippen LogP contribution in [-0.4, -0.2) is 35.0 Å². The number of benzene rings is 1. The zero-order valence-electron chi connectivity index (χ0n) is 17.0. The van der Waals surface area contributed by atoms with Crippen LogP contribution in [0.4, 0.5) is 5.95 Å². The van der Waals surface area contributed by atoms with Crippen LogP contribution in [0.25, 0.3) is 21.3 Å². The van der Waals surface area contributed by atoms with E-state index in [0.717, 1.165) is 36.0 Å². The first kappa shape index (κ1) is 19.6. The number of fused-ring (bicyclic) bond motifs is 1. The van der Waals surface area contributed by atoms with Crippen molar-refractivity contribution < 1.29 is 4.79 Å². The van der Waals surface area contributed by atoms with Gasteiger partial charge in [0.05, 0.1) is 11.4 Å². The number of nitrogens with zero attached hydrogens (tertiary/aromatic N) is 2. The molecule has 0 radical (unpaired) electrons. The van der Waals surface area contributed by atoms with Crippen molar-refractivity contribution in [3.63, 3.8) is 0 Å². The quantitative estimate of drug-likeness (QED) is 0.687. The molecule has 1 aliphatic heterocycles. The summed E-state index contributed by atoms with van der Waals surface area (Å²) in [6.07, 6.45) is 1.75. The van der Waals surface area contributed by atoms with Crippen LogP contribution in [0.3, 0.4) is 0 Å². The van der Waals surface area contributed by atoms with Gasteiger partial charge in [-0.1, -0.05) is 29.8 Å². The molecule has 4 rings (SSSR count). The number of piperidine rings is 1. The van der Waals surface area contributed by atoms with Crippen molar-refractivity contribution in [1.29, 1.82) is 0 Å². The van der Waals surface area contributed by atoms with Crippen LogP contribution in [0.1, 0.15) is 32.3 Å². The lowest BCUT2D eigenvalue weighted by atomic mass is 9.97. The lowest BCUT2D eigenvalue weighted by molar-refractivity contribution is -0.125. The summed E-state index contributed by atoms with van der Waals surface area (Å²) < 4.78 is 0.635. The van der Waals surface area contributed by atoms with E-state index in [2.05, 4.69) is 41.5 Å². The van der Waals surface area contributed by atoms with Gasteiger partial charge in [0.25, 0.3) is 5.56 Å². The molecule has 1 amide bonds. The maximum Gasteiger partial charge on any atom is 0.270 e. The second kappa shape index (κ2) is 7.99. The molecule has 152 valence electrons. The average Bonchev–Trinajstić information content (AvgIpc) is 3.13. The third-order valence-electron chi connectivity index (χ3n) is 5.30. The molecule has 1 fully saturated rings. The fourth-order valence-electron chi connectivity index (χ4n) is 3.79. The maximum atomic E-state index is 12.7. The first-order valence-corrected chi connectivity index (χ1v) is 10.9. The first-order valence-electron chi connectivity index (χ1n) is 10.1. The summed E-state index contributed by atoms with van der Waals surface area (Å²) >= 11 is 1.42. The molecule has 0 saturated carbocycles. The number of carbonyl (C=O) groups is 1. The summed E-state index contributed by atoms with van der Waals surface area (Å²) in [5.74, 6) is 0.534. The number of aryl methyl sites for hydroxylation is 1. The normalized spacial score (nSPS) is 17.1. The number of nitrogens with one attached hydrogen (secondary N) is 2. The van der Waals surface area contributed by atoms with Crippen molar-refractivity contribution in [2.75, 3.05) is 18.0 Å². The third kappa shape index (κ3) is 4.05. The average molecular weight is 411 g/mol. The largest absolute Gasteiger partial charge is 0.354 e. The monoisotopic (exact) mass is 410 g/mol. The van der Waals surface area contributed by atoms with Crippen LogP contribution >= 0.6 is 11.3 Å². The predicted molar refractivity (Wildman–Crippen MR) is 119 cm³/mol. The Hall–Kier alpha value is -2.67. The van der Waals surface area contributed by atoms with Gasteiger partial charge in [0.15, 0.2) is 0 Å². The summed E-state index contributed by atoms with van der Waals surface area (Å²) in [4.78, 5) is 35.0. The Morgan fingerprint density at radius 3 is 2.79 bits per heavy atom. The molecule has 1 atom stereocenters. The minimum atomic E-state index is -0.123. The van der Waals surface area contributed by atoms with Gasteiger partial charge < -0.3 is 10.2 Å². The molecule has 0 bridgehead atoms. The topological polar surface area (TPSA) is 78.1 Å². The number of hydrogen-bond donors (Lipinski definition) is 2. The number of amides is 1. The highest BCUT2D eigenvalue weighted by Crippen LogP contribution is 2.32. The highest BCUT2D eigenvalue weighted by molar-refractivity contribution is 7.17. The molecule has 1 aromatic carbocycles. The van der Waals surface area contributed by atoms with Crippen LogP contribution in [0.15, 0.2) is 34.4 Å². The number of carbonyl (C=O) groups excluding carboxylic acids is 1. The van der Waals surface area contributed by atoms with Gasteiger partial charge in [-0.2, -0.15) is 0 Å². The molecule has 0 unspecified atom stereocenters. The van der Waals surface area contributed by atoms with Crippen molar-refractivity contribution in [2.45, 2.75) is 39.7 Å². The minimum absolute atomic E-state index is 0.0732. The number of aromatic amines is 1. The Balaban J connectivity index is 1.67. The molecular formula is C22H26N4O2S. The molecule has 0 aliphatic carbocycles. The van der Waals surface area contributed by atoms with E-state index in [-0.39, 0.29) is 23.4 Å². The Kier molecular flexibility index (Phi) is 5.41. The molecule has 2 aromatic heterocycles. The van der Waals surface area contributed by atoms with Crippen LogP contribution < -0.4 is 15.8 Å². The van der Waals surface area contributed by atoms with E-state index in [9.17, 15) is 9.59 Å². The first-order chi connectivity index (χ1) is 13.9. The number of H-pyrrole nitrogens is 1. The minimum Gasteiger partial charge on any atom is -0.354 e. The van der Waals surface area contributed by atoms with E-state index >= 15 is 0 Å². The van der Waals surface area contributed by atoms with Crippen molar-refractivity contribution in [1.82, 2.24) is 15.3 Å². The van der Waals surface area contributed by atoms with Gasteiger partial charge in [-0.3, -0.25) is 14.6 Å². The molecular weight excluding hydrogens is 384 g/mol. The van der Waals surface area contributed by atoms with Crippen molar-refractivity contribution in [3.8, 4) is 11.1 Å². The van der Waals surface area contributed by atoms with E-state index in [0.29, 0.717) is 17.2 Å². The van der Waals surface area contributed by atoms with Gasteiger partial charge in [-0.05, 0) is 39.2 Å². The van der Waals surface area contributed by atoms with Crippen molar-refractivity contribution in [2.24, 2.45) is 5.92 Å². The molecule has 1 saturated heterocycles. The SMILES string of the molecule is Cc1ccc(-c2csc3c(=O)[nH]c(N4CCC[C@H](C(=O)NC(C)C)C4)nc23)cc1. The van der Waals surface area contributed by atoms with Gasteiger partial charge in [-0.15, -0.1) is 11.3 Å². The number of hydrogen-bond acceptors (Lipinski definition) is 5. The fraction of sp³-hybridized carbons (Fsp3) is 0.409. The van der Waals surface area contributed by atoms with Crippen LogP contribution in [-0.2, 0) is 4.79 Å². The van der Waals surface area contributed by atoms with E-state index in [1.54, 1.807) is 0 Å². The van der Waals surface area contributed by atoms with Crippen LogP contribution in [0.2, 0.25) is 0 Å². The summed E-state index contributed by atoms with van der Waals surface area (Å²) in [5.41, 5.74) is 3.83.